The quantitative estimate of drug-likeness (QED) is 0.552. The van der Waals surface area contributed by atoms with Crippen LogP contribution in [-0.4, -0.2) is 9.61 Å². The van der Waals surface area contributed by atoms with E-state index in [1.807, 2.05) is 36.8 Å². The predicted octanol–water partition coefficient (Wildman–Crippen LogP) is 1.93. The molecule has 0 aliphatic carbocycles. The van der Waals surface area contributed by atoms with E-state index < -0.39 is 0 Å². The summed E-state index contributed by atoms with van der Waals surface area (Å²) in [4.78, 5) is 0. The number of aryl methyl sites for hydroxylation is 2. The Labute approximate surface area is 77.2 Å². The van der Waals surface area contributed by atoms with Gasteiger partial charge in [-0.2, -0.15) is 5.10 Å². The van der Waals surface area contributed by atoms with E-state index in [9.17, 15) is 0 Å². The maximum absolute atomic E-state index is 5.45. The van der Waals surface area contributed by atoms with Gasteiger partial charge in [-0.25, -0.2) is 4.52 Å². The Balaban J connectivity index is 2.99. The van der Waals surface area contributed by atoms with Gasteiger partial charge < -0.3 is 0 Å². The van der Waals surface area contributed by atoms with Crippen molar-refractivity contribution in [3.05, 3.63) is 35.2 Å². The van der Waals surface area contributed by atoms with Crippen LogP contribution >= 0.6 is 0 Å². The van der Waals surface area contributed by atoms with Gasteiger partial charge in [-0.1, -0.05) is 5.92 Å². The van der Waals surface area contributed by atoms with Crippen molar-refractivity contribution in [1.29, 1.82) is 0 Å². The average molecular weight is 170 g/mol. The Kier molecular flexibility index (Phi) is 1.60. The highest BCUT2D eigenvalue weighted by molar-refractivity contribution is 5.67. The van der Waals surface area contributed by atoms with Gasteiger partial charge in [0.2, 0.25) is 0 Å². The zero-order valence-electron chi connectivity index (χ0n) is 7.70. The number of rotatable bonds is 0. The van der Waals surface area contributed by atoms with Crippen LogP contribution in [0.3, 0.4) is 0 Å². The SMILES string of the molecule is C#Cc1c(C)ccn2ncc(C)c12. The zero-order valence-corrected chi connectivity index (χ0v) is 7.70. The van der Waals surface area contributed by atoms with Gasteiger partial charge in [0, 0.05) is 6.20 Å². The molecule has 0 radical (unpaired) electrons. The van der Waals surface area contributed by atoms with Crippen molar-refractivity contribution in [2.75, 3.05) is 0 Å². The topological polar surface area (TPSA) is 17.3 Å². The smallest absolute Gasteiger partial charge is 0.0849 e. The molecule has 2 heterocycles. The van der Waals surface area contributed by atoms with E-state index in [2.05, 4.69) is 11.0 Å². The minimum Gasteiger partial charge on any atom is -0.239 e. The molecule has 0 unspecified atom stereocenters. The van der Waals surface area contributed by atoms with Gasteiger partial charge in [0.1, 0.15) is 0 Å². The van der Waals surface area contributed by atoms with Gasteiger partial charge >= 0.3 is 0 Å². The maximum Gasteiger partial charge on any atom is 0.0849 e. The van der Waals surface area contributed by atoms with Crippen LogP contribution in [0, 0.1) is 26.2 Å². The van der Waals surface area contributed by atoms with Crippen LogP contribution < -0.4 is 0 Å². The third-order valence-electron chi connectivity index (χ3n) is 2.22. The maximum atomic E-state index is 5.45. The van der Waals surface area contributed by atoms with Crippen molar-refractivity contribution in [1.82, 2.24) is 9.61 Å². The van der Waals surface area contributed by atoms with Crippen molar-refractivity contribution in [3.63, 3.8) is 0 Å². The lowest BCUT2D eigenvalue weighted by molar-refractivity contribution is 0.956. The predicted molar refractivity (Wildman–Crippen MR) is 52.6 cm³/mol. The summed E-state index contributed by atoms with van der Waals surface area (Å²) >= 11 is 0. The van der Waals surface area contributed by atoms with Crippen molar-refractivity contribution >= 4 is 5.52 Å². The van der Waals surface area contributed by atoms with Gasteiger partial charge in [0.25, 0.3) is 0 Å². The van der Waals surface area contributed by atoms with E-state index in [0.29, 0.717) is 0 Å². The minimum absolute atomic E-state index is 0.942. The Morgan fingerprint density at radius 3 is 2.85 bits per heavy atom. The van der Waals surface area contributed by atoms with Gasteiger partial charge in [0.05, 0.1) is 17.3 Å². The first-order valence-electron chi connectivity index (χ1n) is 4.14. The standard InChI is InChI=1S/C11H10N2/c1-4-10-8(2)5-6-13-11(10)9(3)7-12-13/h1,5-7H,2-3H3. The van der Waals surface area contributed by atoms with Crippen molar-refractivity contribution in [2.45, 2.75) is 13.8 Å². The number of aromatic nitrogens is 2. The fraction of sp³-hybridized carbons (Fsp3) is 0.182. The first kappa shape index (κ1) is 7.88. The molecule has 0 aliphatic heterocycles. The van der Waals surface area contributed by atoms with Crippen LogP contribution in [-0.2, 0) is 0 Å². The van der Waals surface area contributed by atoms with Gasteiger partial charge in [-0.3, -0.25) is 0 Å². The molecule has 2 aromatic heterocycles. The third kappa shape index (κ3) is 1.01. The molecule has 0 aliphatic rings. The average Bonchev–Trinajstić information content (AvgIpc) is 2.49. The summed E-state index contributed by atoms with van der Waals surface area (Å²) in [6, 6.07) is 1.98. The van der Waals surface area contributed by atoms with Crippen LogP contribution in [0.25, 0.3) is 5.52 Å². The molecule has 2 heteroatoms. The van der Waals surface area contributed by atoms with Crippen molar-refractivity contribution in [3.8, 4) is 12.3 Å². The van der Waals surface area contributed by atoms with Gasteiger partial charge in [0.15, 0.2) is 0 Å². The molecule has 0 spiro atoms. The Morgan fingerprint density at radius 2 is 2.15 bits per heavy atom. The minimum atomic E-state index is 0.942. The second-order valence-corrected chi connectivity index (χ2v) is 3.14. The summed E-state index contributed by atoms with van der Waals surface area (Å²) in [7, 11) is 0. The fourth-order valence-electron chi connectivity index (χ4n) is 1.51. The van der Waals surface area contributed by atoms with Crippen LogP contribution in [0.1, 0.15) is 16.7 Å². The molecule has 0 saturated carbocycles. The Hall–Kier alpha value is -1.75. The summed E-state index contributed by atoms with van der Waals surface area (Å²) in [6.07, 6.45) is 9.21. The van der Waals surface area contributed by atoms with E-state index in [-0.39, 0.29) is 0 Å². The molecule has 0 fully saturated rings. The summed E-state index contributed by atoms with van der Waals surface area (Å²) in [5, 5.41) is 4.19. The highest BCUT2D eigenvalue weighted by Crippen LogP contribution is 2.17. The van der Waals surface area contributed by atoms with E-state index in [1.54, 1.807) is 0 Å². The molecule has 2 nitrogen and oxygen atoms in total. The van der Waals surface area contributed by atoms with E-state index >= 15 is 0 Å². The normalized spacial score (nSPS) is 10.2. The molecule has 13 heavy (non-hydrogen) atoms. The Morgan fingerprint density at radius 1 is 1.38 bits per heavy atom. The molecule has 0 atom stereocenters. The van der Waals surface area contributed by atoms with E-state index in [0.717, 1.165) is 22.2 Å². The van der Waals surface area contributed by atoms with Crippen molar-refractivity contribution < 1.29 is 0 Å². The molecule has 0 saturated heterocycles. The van der Waals surface area contributed by atoms with Gasteiger partial charge in [-0.05, 0) is 31.0 Å². The zero-order chi connectivity index (χ0) is 9.42. The van der Waals surface area contributed by atoms with Crippen LogP contribution in [0.4, 0.5) is 0 Å². The van der Waals surface area contributed by atoms with Crippen LogP contribution in [0.5, 0.6) is 0 Å². The highest BCUT2D eigenvalue weighted by atomic mass is 15.2. The molecule has 0 N–H and O–H groups in total. The lowest BCUT2D eigenvalue weighted by Crippen LogP contribution is -1.92. The second kappa shape index (κ2) is 2.63. The van der Waals surface area contributed by atoms with Crippen molar-refractivity contribution in [2.24, 2.45) is 0 Å². The summed E-state index contributed by atoms with van der Waals surface area (Å²) in [5.41, 5.74) is 4.23. The number of hydrogen-bond donors (Lipinski definition) is 0. The third-order valence-corrected chi connectivity index (χ3v) is 2.22. The molecule has 0 bridgehead atoms. The largest absolute Gasteiger partial charge is 0.239 e. The molecular weight excluding hydrogens is 160 g/mol. The van der Waals surface area contributed by atoms with Gasteiger partial charge in [-0.15, -0.1) is 6.42 Å². The summed E-state index contributed by atoms with van der Waals surface area (Å²) in [5.74, 6) is 2.70. The molecule has 2 aromatic rings. The lowest BCUT2D eigenvalue weighted by Gasteiger charge is -2.01. The van der Waals surface area contributed by atoms with Crippen LogP contribution in [0.2, 0.25) is 0 Å². The molecular formula is C11H10N2. The number of fused-ring (bicyclic) bond motifs is 1. The van der Waals surface area contributed by atoms with Crippen LogP contribution in [0.15, 0.2) is 18.5 Å². The lowest BCUT2D eigenvalue weighted by atomic mass is 10.1. The first-order chi connectivity index (χ1) is 6.24. The molecule has 64 valence electrons. The molecule has 0 aromatic carbocycles. The number of hydrogen-bond acceptors (Lipinski definition) is 1. The monoisotopic (exact) mass is 170 g/mol. The highest BCUT2D eigenvalue weighted by Gasteiger charge is 2.05. The van der Waals surface area contributed by atoms with E-state index in [4.69, 9.17) is 6.42 Å². The Bertz CT molecular complexity index is 501. The first-order valence-corrected chi connectivity index (χ1v) is 4.14. The molecule has 0 amide bonds. The van der Waals surface area contributed by atoms with E-state index in [1.165, 1.54) is 0 Å². The number of pyridine rings is 1. The molecule has 2 rings (SSSR count). The second-order valence-electron chi connectivity index (χ2n) is 3.14. The summed E-state index contributed by atoms with van der Waals surface area (Å²) < 4.78 is 1.82. The number of nitrogens with zero attached hydrogens (tertiary/aromatic N) is 2. The number of terminal acetylenes is 1. The summed E-state index contributed by atoms with van der Waals surface area (Å²) in [6.45, 7) is 4.03. The fourth-order valence-corrected chi connectivity index (χ4v) is 1.51.